The zero-order chi connectivity index (χ0) is 17.9. The second-order valence-corrected chi connectivity index (χ2v) is 8.84. The van der Waals surface area contributed by atoms with E-state index >= 15 is 0 Å². The lowest BCUT2D eigenvalue weighted by Crippen LogP contribution is -2.23. The first-order valence-corrected chi connectivity index (χ1v) is 9.52. The molecular weight excluding hydrogens is 328 g/mol. The van der Waals surface area contributed by atoms with E-state index in [1.807, 2.05) is 69.3 Å². The Bertz CT molecular complexity index is 784. The number of rotatable bonds is 4. The van der Waals surface area contributed by atoms with E-state index < -0.39 is 0 Å². The molecule has 25 heavy (non-hydrogen) atoms. The van der Waals surface area contributed by atoms with Crippen molar-refractivity contribution in [1.82, 2.24) is 0 Å². The largest absolute Gasteiger partial charge is 0.508 e. The topological polar surface area (TPSA) is 29.5 Å². The van der Waals surface area contributed by atoms with Crippen molar-refractivity contribution in [2.75, 3.05) is 0 Å². The predicted molar refractivity (Wildman–Crippen MR) is 104 cm³/mol. The summed E-state index contributed by atoms with van der Waals surface area (Å²) in [6.07, 6.45) is 0. The fourth-order valence-electron chi connectivity index (χ4n) is 2.61. The van der Waals surface area contributed by atoms with Crippen LogP contribution in [0.3, 0.4) is 0 Å². The van der Waals surface area contributed by atoms with Gasteiger partial charge in [-0.3, -0.25) is 0 Å². The van der Waals surface area contributed by atoms with Gasteiger partial charge in [-0.1, -0.05) is 36.4 Å². The van der Waals surface area contributed by atoms with Crippen molar-refractivity contribution in [2.24, 2.45) is 0 Å². The highest BCUT2D eigenvalue weighted by Crippen LogP contribution is 2.36. The molecule has 0 bridgehead atoms. The molecule has 0 amide bonds. The van der Waals surface area contributed by atoms with Crippen LogP contribution in [-0.4, -0.2) is 10.7 Å². The van der Waals surface area contributed by atoms with Gasteiger partial charge < -0.3 is 9.84 Å². The van der Waals surface area contributed by atoms with Crippen LogP contribution >= 0.6 is 0 Å². The predicted octanol–water partition coefficient (Wildman–Crippen LogP) is 5.66. The average Bonchev–Trinajstić information content (AvgIpc) is 2.55. The third-order valence-corrected chi connectivity index (χ3v) is 5.68. The third-order valence-electron chi connectivity index (χ3n) is 3.48. The fourth-order valence-corrected chi connectivity index (χ4v) is 4.76. The molecular formula is C22H23O2S+. The lowest BCUT2D eigenvalue weighted by atomic mass is 10.2. The summed E-state index contributed by atoms with van der Waals surface area (Å²) in [7, 11) is -0.304. The summed E-state index contributed by atoms with van der Waals surface area (Å²) in [6, 6.07) is 26.3. The summed E-state index contributed by atoms with van der Waals surface area (Å²) in [5.74, 6) is 0.910. The van der Waals surface area contributed by atoms with Crippen LogP contribution < -0.4 is 4.74 Å². The molecule has 0 spiro atoms. The standard InChI is InChI=1S/C22H22O2S/c1-22(2,3)24-18-14-17(23)15-21(16-18)25(19-10-6-4-7-11-19)20-12-8-5-9-13-20/h4-16H,1-3H3/p+1. The molecule has 0 radical (unpaired) electrons. The molecule has 3 aromatic carbocycles. The summed E-state index contributed by atoms with van der Waals surface area (Å²) >= 11 is 0. The number of hydrogen-bond acceptors (Lipinski definition) is 2. The quantitative estimate of drug-likeness (QED) is 0.614. The molecule has 0 aliphatic carbocycles. The molecule has 3 rings (SSSR count). The molecule has 0 saturated heterocycles. The molecule has 0 aliphatic rings. The Morgan fingerprint density at radius 1 is 0.720 bits per heavy atom. The molecule has 0 fully saturated rings. The zero-order valence-corrected chi connectivity index (χ0v) is 15.6. The second kappa shape index (κ2) is 7.24. The molecule has 2 nitrogen and oxygen atoms in total. The number of benzene rings is 3. The Labute approximate surface area is 152 Å². The van der Waals surface area contributed by atoms with Gasteiger partial charge in [0, 0.05) is 18.2 Å². The first-order chi connectivity index (χ1) is 11.9. The second-order valence-electron chi connectivity index (χ2n) is 6.81. The Morgan fingerprint density at radius 3 is 1.72 bits per heavy atom. The first kappa shape index (κ1) is 17.4. The van der Waals surface area contributed by atoms with Gasteiger partial charge in [0.25, 0.3) is 0 Å². The summed E-state index contributed by atoms with van der Waals surface area (Å²) in [6.45, 7) is 6.01. The van der Waals surface area contributed by atoms with Crippen molar-refractivity contribution < 1.29 is 9.84 Å². The highest BCUT2D eigenvalue weighted by Gasteiger charge is 2.30. The molecule has 0 atom stereocenters. The Kier molecular flexibility index (Phi) is 5.05. The van der Waals surface area contributed by atoms with E-state index in [4.69, 9.17) is 4.74 Å². The van der Waals surface area contributed by atoms with Gasteiger partial charge in [-0.05, 0) is 45.0 Å². The van der Waals surface area contributed by atoms with E-state index in [-0.39, 0.29) is 22.2 Å². The van der Waals surface area contributed by atoms with Crippen molar-refractivity contribution in [1.29, 1.82) is 0 Å². The Morgan fingerprint density at radius 2 is 1.24 bits per heavy atom. The van der Waals surface area contributed by atoms with Crippen molar-refractivity contribution in [3.05, 3.63) is 78.9 Å². The highest BCUT2D eigenvalue weighted by atomic mass is 32.2. The monoisotopic (exact) mass is 351 g/mol. The normalized spacial score (nSPS) is 11.5. The van der Waals surface area contributed by atoms with Crippen LogP contribution in [-0.2, 0) is 10.9 Å². The number of phenols is 1. The van der Waals surface area contributed by atoms with Crippen molar-refractivity contribution in [2.45, 2.75) is 41.1 Å². The van der Waals surface area contributed by atoms with Gasteiger partial charge in [0.2, 0.25) is 0 Å². The summed E-state index contributed by atoms with van der Waals surface area (Å²) in [5.41, 5.74) is -0.316. The Balaban J connectivity index is 2.11. The molecule has 0 aliphatic heterocycles. The minimum atomic E-state index is -0.316. The molecule has 0 unspecified atom stereocenters. The fraction of sp³-hybridized carbons (Fsp3) is 0.182. The van der Waals surface area contributed by atoms with Crippen LogP contribution in [0.5, 0.6) is 11.5 Å². The molecule has 3 heteroatoms. The van der Waals surface area contributed by atoms with Crippen LogP contribution in [0.15, 0.2) is 93.5 Å². The molecule has 3 aromatic rings. The number of ether oxygens (including phenoxy) is 1. The average molecular weight is 351 g/mol. The van der Waals surface area contributed by atoms with E-state index in [2.05, 4.69) is 24.3 Å². The van der Waals surface area contributed by atoms with Crippen LogP contribution in [0.25, 0.3) is 0 Å². The van der Waals surface area contributed by atoms with Crippen molar-refractivity contribution >= 4 is 10.9 Å². The van der Waals surface area contributed by atoms with E-state index in [1.54, 1.807) is 6.07 Å². The van der Waals surface area contributed by atoms with Gasteiger partial charge in [-0.15, -0.1) is 0 Å². The zero-order valence-electron chi connectivity index (χ0n) is 14.8. The lowest BCUT2D eigenvalue weighted by Gasteiger charge is -2.21. The maximum atomic E-state index is 10.3. The van der Waals surface area contributed by atoms with E-state index in [0.717, 1.165) is 4.90 Å². The van der Waals surface area contributed by atoms with Crippen LogP contribution in [0.1, 0.15) is 20.8 Å². The number of phenolic OH excluding ortho intramolecular Hbond substituents is 1. The van der Waals surface area contributed by atoms with Crippen molar-refractivity contribution in [3.63, 3.8) is 0 Å². The highest BCUT2D eigenvalue weighted by molar-refractivity contribution is 7.97. The first-order valence-electron chi connectivity index (χ1n) is 8.30. The van der Waals surface area contributed by atoms with E-state index in [1.165, 1.54) is 9.79 Å². The van der Waals surface area contributed by atoms with Crippen molar-refractivity contribution in [3.8, 4) is 11.5 Å². The molecule has 128 valence electrons. The van der Waals surface area contributed by atoms with Crippen LogP contribution in [0.4, 0.5) is 0 Å². The Hall–Kier alpha value is -2.39. The number of hydrogen-bond donors (Lipinski definition) is 1. The minimum Gasteiger partial charge on any atom is -0.508 e. The molecule has 1 N–H and O–H groups in total. The van der Waals surface area contributed by atoms with Gasteiger partial charge in [-0.2, -0.15) is 0 Å². The van der Waals surface area contributed by atoms with Gasteiger partial charge in [0.1, 0.15) is 17.1 Å². The third kappa shape index (κ3) is 4.58. The van der Waals surface area contributed by atoms with E-state index in [0.29, 0.717) is 5.75 Å². The molecule has 0 aromatic heterocycles. The molecule has 0 saturated carbocycles. The van der Waals surface area contributed by atoms with Gasteiger partial charge in [0.05, 0.1) is 10.9 Å². The van der Waals surface area contributed by atoms with Gasteiger partial charge >= 0.3 is 0 Å². The van der Waals surface area contributed by atoms with Gasteiger partial charge in [-0.25, -0.2) is 0 Å². The summed E-state index contributed by atoms with van der Waals surface area (Å²) in [4.78, 5) is 3.46. The SMILES string of the molecule is CC(C)(C)Oc1cc(O)cc([S+](c2ccccc2)c2ccccc2)c1. The maximum absolute atomic E-state index is 10.3. The molecule has 0 heterocycles. The van der Waals surface area contributed by atoms with Gasteiger partial charge in [0.15, 0.2) is 14.7 Å². The maximum Gasteiger partial charge on any atom is 0.173 e. The minimum absolute atomic E-state index is 0.223. The van der Waals surface area contributed by atoms with Crippen LogP contribution in [0.2, 0.25) is 0 Å². The smallest absolute Gasteiger partial charge is 0.173 e. The number of aromatic hydroxyl groups is 1. The lowest BCUT2D eigenvalue weighted by molar-refractivity contribution is 0.130. The van der Waals surface area contributed by atoms with Crippen LogP contribution in [0, 0.1) is 0 Å². The summed E-state index contributed by atoms with van der Waals surface area (Å²) in [5, 5.41) is 10.3. The van der Waals surface area contributed by atoms with E-state index in [9.17, 15) is 5.11 Å². The summed E-state index contributed by atoms with van der Waals surface area (Å²) < 4.78 is 5.99.